The molecule has 3 heteroatoms. The van der Waals surface area contributed by atoms with Crippen LogP contribution in [0.15, 0.2) is 0 Å². The van der Waals surface area contributed by atoms with Crippen LogP contribution < -0.4 is 0 Å². The summed E-state index contributed by atoms with van der Waals surface area (Å²) in [5, 5.41) is 8.93. The maximum atomic E-state index is 10.4. The molecule has 0 aromatic rings. The Hall–Kier alpha value is -0.410. The summed E-state index contributed by atoms with van der Waals surface area (Å²) in [5.74, 6) is 0.633. The number of rotatable bonds is 4. The topological polar surface area (TPSA) is 40.5 Å². The first-order valence-corrected chi connectivity index (χ1v) is 5.04. The maximum absolute atomic E-state index is 10.4. The lowest BCUT2D eigenvalue weighted by Gasteiger charge is -2.31. The summed E-state index contributed by atoms with van der Waals surface area (Å²) in [7, 11) is 0. The summed E-state index contributed by atoms with van der Waals surface area (Å²) in [5.41, 5.74) is 0. The largest absolute Gasteiger partial charge is 0.396 e. The zero-order valence-electron chi connectivity index (χ0n) is 8.28. The van der Waals surface area contributed by atoms with Gasteiger partial charge < -0.3 is 14.8 Å². The van der Waals surface area contributed by atoms with Crippen LogP contribution in [0.4, 0.5) is 0 Å². The fourth-order valence-electron chi connectivity index (χ4n) is 1.80. The van der Waals surface area contributed by atoms with Gasteiger partial charge in [-0.15, -0.1) is 0 Å². The highest BCUT2D eigenvalue weighted by molar-refractivity contribution is 5.52. The van der Waals surface area contributed by atoms with Crippen molar-refractivity contribution < 1.29 is 9.90 Å². The van der Waals surface area contributed by atoms with Crippen LogP contribution in [0.1, 0.15) is 19.8 Å². The monoisotopic (exact) mass is 185 g/mol. The first kappa shape index (κ1) is 10.7. The lowest BCUT2D eigenvalue weighted by atomic mass is 9.97. The second kappa shape index (κ2) is 5.35. The molecule has 0 aromatic heterocycles. The van der Waals surface area contributed by atoms with Crippen LogP contribution >= 0.6 is 0 Å². The molecule has 0 amide bonds. The summed E-state index contributed by atoms with van der Waals surface area (Å²) in [6, 6.07) is 0. The van der Waals surface area contributed by atoms with E-state index in [9.17, 15) is 4.79 Å². The summed E-state index contributed by atoms with van der Waals surface area (Å²) < 4.78 is 0. The second-order valence-corrected chi connectivity index (χ2v) is 4.04. The Morgan fingerprint density at radius 2 is 2.15 bits per heavy atom. The quantitative estimate of drug-likeness (QED) is 0.649. The van der Waals surface area contributed by atoms with Gasteiger partial charge in [-0.3, -0.25) is 0 Å². The molecule has 1 N–H and O–H groups in total. The Labute approximate surface area is 79.7 Å². The molecule has 76 valence electrons. The highest BCUT2D eigenvalue weighted by atomic mass is 16.3. The van der Waals surface area contributed by atoms with Gasteiger partial charge in [-0.2, -0.15) is 0 Å². The molecular formula is C10H19NO2. The first-order valence-electron chi connectivity index (χ1n) is 5.04. The van der Waals surface area contributed by atoms with Gasteiger partial charge in [-0.1, -0.05) is 6.92 Å². The summed E-state index contributed by atoms with van der Waals surface area (Å²) >= 11 is 0. The second-order valence-electron chi connectivity index (χ2n) is 4.04. The number of aliphatic hydroxyl groups is 1. The SMILES string of the molecule is CC(C=O)CN1CCC(CO)CC1. The van der Waals surface area contributed by atoms with Crippen molar-refractivity contribution in [3.63, 3.8) is 0 Å². The van der Waals surface area contributed by atoms with E-state index < -0.39 is 0 Å². The van der Waals surface area contributed by atoms with Gasteiger partial charge in [0.15, 0.2) is 0 Å². The van der Waals surface area contributed by atoms with Crippen LogP contribution in [-0.2, 0) is 4.79 Å². The van der Waals surface area contributed by atoms with Gasteiger partial charge in [0.25, 0.3) is 0 Å². The fraction of sp³-hybridized carbons (Fsp3) is 0.900. The number of hydrogen-bond donors (Lipinski definition) is 1. The Balaban J connectivity index is 2.21. The number of aldehydes is 1. The molecule has 1 saturated heterocycles. The minimum Gasteiger partial charge on any atom is -0.396 e. The van der Waals surface area contributed by atoms with Crippen molar-refractivity contribution in [3.8, 4) is 0 Å². The van der Waals surface area contributed by atoms with Crippen molar-refractivity contribution in [2.24, 2.45) is 11.8 Å². The van der Waals surface area contributed by atoms with Gasteiger partial charge >= 0.3 is 0 Å². The van der Waals surface area contributed by atoms with Crippen LogP contribution in [0.3, 0.4) is 0 Å². The standard InChI is InChI=1S/C10H19NO2/c1-9(7-12)6-11-4-2-10(8-13)3-5-11/h7,9-10,13H,2-6,8H2,1H3. The Morgan fingerprint density at radius 3 is 2.62 bits per heavy atom. The van der Waals surface area contributed by atoms with Gasteiger partial charge in [0.05, 0.1) is 0 Å². The zero-order chi connectivity index (χ0) is 9.68. The lowest BCUT2D eigenvalue weighted by molar-refractivity contribution is -0.111. The number of aliphatic hydroxyl groups excluding tert-OH is 1. The van der Waals surface area contributed by atoms with Gasteiger partial charge in [-0.25, -0.2) is 0 Å². The van der Waals surface area contributed by atoms with Crippen molar-refractivity contribution in [2.75, 3.05) is 26.2 Å². The molecule has 3 nitrogen and oxygen atoms in total. The predicted octanol–water partition coefficient (Wildman–Crippen LogP) is 0.526. The molecule has 1 aliphatic rings. The van der Waals surface area contributed by atoms with E-state index in [0.717, 1.165) is 38.8 Å². The summed E-state index contributed by atoms with van der Waals surface area (Å²) in [6.07, 6.45) is 3.16. The van der Waals surface area contributed by atoms with Crippen molar-refractivity contribution in [1.82, 2.24) is 4.90 Å². The van der Waals surface area contributed by atoms with Crippen LogP contribution in [-0.4, -0.2) is 42.5 Å². The molecule has 1 atom stereocenters. The number of hydrogen-bond acceptors (Lipinski definition) is 3. The molecule has 0 aromatic carbocycles. The molecule has 0 radical (unpaired) electrons. The smallest absolute Gasteiger partial charge is 0.124 e. The predicted molar refractivity (Wildman–Crippen MR) is 51.5 cm³/mol. The first-order chi connectivity index (χ1) is 6.26. The number of piperidine rings is 1. The highest BCUT2D eigenvalue weighted by Crippen LogP contribution is 2.16. The van der Waals surface area contributed by atoms with Crippen LogP contribution in [0, 0.1) is 11.8 Å². The molecule has 1 fully saturated rings. The molecule has 0 bridgehead atoms. The van der Waals surface area contributed by atoms with Crippen LogP contribution in [0.5, 0.6) is 0 Å². The Kier molecular flexibility index (Phi) is 4.39. The average molecular weight is 185 g/mol. The molecule has 0 spiro atoms. The maximum Gasteiger partial charge on any atom is 0.124 e. The number of carbonyl (C=O) groups is 1. The van der Waals surface area contributed by atoms with E-state index in [-0.39, 0.29) is 5.92 Å². The third-order valence-electron chi connectivity index (χ3n) is 2.74. The highest BCUT2D eigenvalue weighted by Gasteiger charge is 2.19. The molecule has 1 rings (SSSR count). The van der Waals surface area contributed by atoms with Crippen molar-refractivity contribution in [3.05, 3.63) is 0 Å². The molecular weight excluding hydrogens is 166 g/mol. The van der Waals surface area contributed by atoms with Crippen molar-refractivity contribution in [1.29, 1.82) is 0 Å². The Bertz CT molecular complexity index is 153. The summed E-state index contributed by atoms with van der Waals surface area (Å²) in [6.45, 7) is 5.21. The molecule has 1 heterocycles. The van der Waals surface area contributed by atoms with E-state index in [1.54, 1.807) is 0 Å². The number of carbonyl (C=O) groups excluding carboxylic acids is 1. The van der Waals surface area contributed by atoms with E-state index in [4.69, 9.17) is 5.11 Å². The molecule has 0 aliphatic carbocycles. The third-order valence-corrected chi connectivity index (χ3v) is 2.74. The van der Waals surface area contributed by atoms with Gasteiger partial charge in [0.2, 0.25) is 0 Å². The zero-order valence-corrected chi connectivity index (χ0v) is 8.28. The van der Waals surface area contributed by atoms with E-state index in [1.807, 2.05) is 6.92 Å². The van der Waals surface area contributed by atoms with Crippen molar-refractivity contribution >= 4 is 6.29 Å². The molecule has 1 aliphatic heterocycles. The number of likely N-dealkylation sites (tertiary alicyclic amines) is 1. The minimum atomic E-state index is 0.144. The van der Waals surface area contributed by atoms with Crippen LogP contribution in [0.2, 0.25) is 0 Å². The molecule has 1 unspecified atom stereocenters. The lowest BCUT2D eigenvalue weighted by Crippen LogP contribution is -2.37. The number of nitrogens with zero attached hydrogens (tertiary/aromatic N) is 1. The minimum absolute atomic E-state index is 0.144. The fourth-order valence-corrected chi connectivity index (χ4v) is 1.80. The van der Waals surface area contributed by atoms with Gasteiger partial charge in [0.1, 0.15) is 6.29 Å². The average Bonchev–Trinajstić information content (AvgIpc) is 2.19. The van der Waals surface area contributed by atoms with Crippen molar-refractivity contribution in [2.45, 2.75) is 19.8 Å². The van der Waals surface area contributed by atoms with E-state index in [2.05, 4.69) is 4.90 Å². The van der Waals surface area contributed by atoms with E-state index in [1.165, 1.54) is 0 Å². The normalized spacial score (nSPS) is 22.9. The third kappa shape index (κ3) is 3.44. The summed E-state index contributed by atoms with van der Waals surface area (Å²) in [4.78, 5) is 12.7. The van der Waals surface area contributed by atoms with E-state index in [0.29, 0.717) is 12.5 Å². The van der Waals surface area contributed by atoms with Gasteiger partial charge in [0, 0.05) is 19.1 Å². The molecule has 0 saturated carbocycles. The Morgan fingerprint density at radius 1 is 1.54 bits per heavy atom. The van der Waals surface area contributed by atoms with Crippen LogP contribution in [0.25, 0.3) is 0 Å². The van der Waals surface area contributed by atoms with Gasteiger partial charge in [-0.05, 0) is 31.8 Å². The molecule has 13 heavy (non-hydrogen) atoms. The van der Waals surface area contributed by atoms with E-state index >= 15 is 0 Å².